The smallest absolute Gasteiger partial charge is 0.0723 e. The van der Waals surface area contributed by atoms with Gasteiger partial charge in [-0.15, -0.1) is 17.2 Å². The first-order valence-corrected chi connectivity index (χ1v) is 9.45. The summed E-state index contributed by atoms with van der Waals surface area (Å²) in [5, 5.41) is 3.25. The molecule has 1 aliphatic heterocycles. The van der Waals surface area contributed by atoms with Crippen LogP contribution in [0.3, 0.4) is 0 Å². The second-order valence-corrected chi connectivity index (χ2v) is 7.44. The average molecular weight is 540 g/mol. The zero-order valence-corrected chi connectivity index (χ0v) is 19.8. The van der Waals surface area contributed by atoms with Gasteiger partial charge in [0.15, 0.2) is 0 Å². The Bertz CT molecular complexity index is 1060. The summed E-state index contributed by atoms with van der Waals surface area (Å²) < 4.78 is 0. The first-order valence-electron chi connectivity index (χ1n) is 9.45. The maximum absolute atomic E-state index is 5.09. The molecular formula is C25H25N2Re-. The van der Waals surface area contributed by atoms with Crippen LogP contribution >= 0.6 is 0 Å². The third-order valence-corrected chi connectivity index (χ3v) is 5.61. The zero-order chi connectivity index (χ0) is 19.1. The van der Waals surface area contributed by atoms with Crippen LogP contribution in [-0.2, 0) is 27.0 Å². The summed E-state index contributed by atoms with van der Waals surface area (Å²) in [6.07, 6.45) is 0. The van der Waals surface area contributed by atoms with Crippen molar-refractivity contribution in [3.63, 3.8) is 0 Å². The van der Waals surface area contributed by atoms with Crippen molar-refractivity contribution in [2.45, 2.75) is 34.2 Å². The molecule has 0 saturated carbocycles. The van der Waals surface area contributed by atoms with E-state index in [4.69, 9.17) is 4.99 Å². The van der Waals surface area contributed by atoms with Crippen molar-refractivity contribution in [2.24, 2.45) is 4.99 Å². The Labute approximate surface area is 181 Å². The molecule has 0 spiro atoms. The number of aliphatic imine (C=N–C) groups is 1. The third-order valence-electron chi connectivity index (χ3n) is 5.61. The second kappa shape index (κ2) is 8.04. The van der Waals surface area contributed by atoms with Crippen molar-refractivity contribution in [3.8, 4) is 11.1 Å². The Balaban J connectivity index is 0.00000225. The molecule has 1 radical (unpaired) electrons. The molecule has 0 fully saturated rings. The van der Waals surface area contributed by atoms with Gasteiger partial charge < -0.3 is 5.32 Å². The summed E-state index contributed by atoms with van der Waals surface area (Å²) in [4.78, 5) is 5.09. The standard InChI is InChI=1S/C25H25N2.Re/c1-15-7-6-8-16(2)24(15)25-23-12-18(4)17(3)11-22(23)21-13-20(26-5)10-9-19(21)14-27-25;/h6-8,10-13,26H,14H2,1-5H3;/q-1;. The largest absolute Gasteiger partial charge is 0.439 e. The summed E-state index contributed by atoms with van der Waals surface area (Å²) in [5.41, 5.74) is 13.4. The summed E-state index contributed by atoms with van der Waals surface area (Å²) in [5.74, 6) is 0. The van der Waals surface area contributed by atoms with Crippen LogP contribution < -0.4 is 5.32 Å². The molecule has 1 aliphatic rings. The molecule has 28 heavy (non-hydrogen) atoms. The fourth-order valence-electron chi connectivity index (χ4n) is 3.92. The van der Waals surface area contributed by atoms with Crippen molar-refractivity contribution in [1.82, 2.24) is 0 Å². The maximum atomic E-state index is 5.09. The van der Waals surface area contributed by atoms with E-state index in [-0.39, 0.29) is 20.4 Å². The predicted octanol–water partition coefficient (Wildman–Crippen LogP) is 5.78. The quantitative estimate of drug-likeness (QED) is 0.411. The molecule has 0 atom stereocenters. The minimum absolute atomic E-state index is 0. The number of nitrogens with one attached hydrogen (secondary N) is 1. The van der Waals surface area contributed by atoms with E-state index in [1.54, 1.807) is 0 Å². The van der Waals surface area contributed by atoms with Gasteiger partial charge in [-0.2, -0.15) is 12.1 Å². The molecule has 0 aromatic heterocycles. The molecule has 3 aromatic rings. The first kappa shape index (κ1) is 20.5. The molecule has 2 nitrogen and oxygen atoms in total. The van der Waals surface area contributed by atoms with Gasteiger partial charge in [0.05, 0.1) is 5.71 Å². The number of aryl methyl sites for hydroxylation is 4. The van der Waals surface area contributed by atoms with Gasteiger partial charge in [0, 0.05) is 32.5 Å². The Hall–Kier alpha value is -2.21. The fraction of sp³-hybridized carbons (Fsp3) is 0.240. The van der Waals surface area contributed by atoms with E-state index < -0.39 is 0 Å². The van der Waals surface area contributed by atoms with Crippen LogP contribution in [0.5, 0.6) is 0 Å². The van der Waals surface area contributed by atoms with Crippen molar-refractivity contribution in [1.29, 1.82) is 0 Å². The summed E-state index contributed by atoms with van der Waals surface area (Å²) in [6, 6.07) is 18.8. The van der Waals surface area contributed by atoms with E-state index in [0.29, 0.717) is 6.54 Å². The summed E-state index contributed by atoms with van der Waals surface area (Å²) in [6.45, 7) is 9.36. The third kappa shape index (κ3) is 3.46. The molecule has 0 aliphatic carbocycles. The van der Waals surface area contributed by atoms with Crippen LogP contribution in [0.1, 0.15) is 38.9 Å². The number of rotatable bonds is 2. The van der Waals surface area contributed by atoms with Gasteiger partial charge in [-0.3, -0.25) is 4.99 Å². The molecule has 1 heterocycles. The van der Waals surface area contributed by atoms with Gasteiger partial charge >= 0.3 is 0 Å². The van der Waals surface area contributed by atoms with Crippen LogP contribution in [0, 0.1) is 33.8 Å². The van der Waals surface area contributed by atoms with Crippen molar-refractivity contribution in [3.05, 3.63) is 87.5 Å². The number of anilines is 1. The van der Waals surface area contributed by atoms with Gasteiger partial charge in [0.1, 0.15) is 0 Å². The number of benzene rings is 3. The SMILES string of the molecule is CNc1c[c-]c2c(c1)-c1cc(C)c(C)cc1C(c1c(C)cccc1C)=NC2.[Re]. The first-order chi connectivity index (χ1) is 13.0. The zero-order valence-electron chi connectivity index (χ0n) is 17.1. The summed E-state index contributed by atoms with van der Waals surface area (Å²) in [7, 11) is 1.95. The Morgan fingerprint density at radius 1 is 0.857 bits per heavy atom. The molecule has 0 unspecified atom stereocenters. The summed E-state index contributed by atoms with van der Waals surface area (Å²) >= 11 is 0. The van der Waals surface area contributed by atoms with E-state index >= 15 is 0 Å². The Morgan fingerprint density at radius 2 is 1.50 bits per heavy atom. The number of hydrogen-bond acceptors (Lipinski definition) is 2. The van der Waals surface area contributed by atoms with E-state index in [1.807, 2.05) is 13.1 Å². The molecule has 1 N–H and O–H groups in total. The van der Waals surface area contributed by atoms with Gasteiger partial charge in [0.2, 0.25) is 0 Å². The fourth-order valence-corrected chi connectivity index (χ4v) is 3.92. The van der Waals surface area contributed by atoms with E-state index in [0.717, 1.165) is 17.0 Å². The van der Waals surface area contributed by atoms with Crippen LogP contribution in [-0.4, -0.2) is 12.8 Å². The van der Waals surface area contributed by atoms with Crippen molar-refractivity contribution in [2.75, 3.05) is 12.4 Å². The minimum atomic E-state index is 0. The van der Waals surface area contributed by atoms with E-state index in [9.17, 15) is 0 Å². The molecule has 0 bridgehead atoms. The number of hydrogen-bond donors (Lipinski definition) is 1. The molecular weight excluding hydrogens is 514 g/mol. The molecule has 4 rings (SSSR count). The number of fused-ring (bicyclic) bond motifs is 3. The van der Waals surface area contributed by atoms with Crippen molar-refractivity contribution < 1.29 is 20.4 Å². The Kier molecular flexibility index (Phi) is 5.89. The van der Waals surface area contributed by atoms with E-state index in [2.05, 4.69) is 75.5 Å². The predicted molar refractivity (Wildman–Crippen MR) is 115 cm³/mol. The van der Waals surface area contributed by atoms with Crippen LogP contribution in [0.15, 0.2) is 47.5 Å². The molecule has 0 saturated heterocycles. The molecule has 3 heteroatoms. The van der Waals surface area contributed by atoms with Crippen molar-refractivity contribution >= 4 is 11.4 Å². The second-order valence-electron chi connectivity index (χ2n) is 7.44. The van der Waals surface area contributed by atoms with E-state index in [1.165, 1.54) is 44.5 Å². The number of nitrogens with zero attached hydrogens (tertiary/aromatic N) is 1. The average Bonchev–Trinajstić information content (AvgIpc) is 2.79. The molecule has 3 aromatic carbocycles. The topological polar surface area (TPSA) is 24.4 Å². The van der Waals surface area contributed by atoms with Gasteiger partial charge in [0.25, 0.3) is 0 Å². The van der Waals surface area contributed by atoms with Gasteiger partial charge in [-0.05, 0) is 62.6 Å². The monoisotopic (exact) mass is 540 g/mol. The minimum Gasteiger partial charge on any atom is -0.439 e. The molecule has 143 valence electrons. The Morgan fingerprint density at radius 3 is 2.14 bits per heavy atom. The van der Waals surface area contributed by atoms with Gasteiger partial charge in [-0.25, -0.2) is 0 Å². The van der Waals surface area contributed by atoms with Crippen LogP contribution in [0.25, 0.3) is 11.1 Å². The van der Waals surface area contributed by atoms with Crippen LogP contribution in [0.4, 0.5) is 5.69 Å². The maximum Gasteiger partial charge on any atom is 0.0723 e. The molecule has 0 amide bonds. The normalized spacial score (nSPS) is 12.2. The van der Waals surface area contributed by atoms with Crippen LogP contribution in [0.2, 0.25) is 0 Å². The van der Waals surface area contributed by atoms with Gasteiger partial charge in [-0.1, -0.05) is 41.6 Å².